The summed E-state index contributed by atoms with van der Waals surface area (Å²) in [6.07, 6.45) is 2.57. The van der Waals surface area contributed by atoms with Gasteiger partial charge in [0.05, 0.1) is 29.2 Å². The molecule has 0 aliphatic heterocycles. The fourth-order valence-electron chi connectivity index (χ4n) is 5.10. The van der Waals surface area contributed by atoms with Gasteiger partial charge in [-0.15, -0.1) is 0 Å². The highest BCUT2D eigenvalue weighted by Crippen LogP contribution is 2.16. The zero-order chi connectivity index (χ0) is 34.2. The molecule has 12 heteroatoms. The van der Waals surface area contributed by atoms with Crippen LogP contribution in [0.15, 0.2) is 85.2 Å². The average Bonchev–Trinajstić information content (AvgIpc) is 3.08. The van der Waals surface area contributed by atoms with Crippen LogP contribution in [0.4, 0.5) is 0 Å². The maximum Gasteiger partial charge on any atom is 0.253 e. The van der Waals surface area contributed by atoms with Crippen LogP contribution in [0.3, 0.4) is 0 Å². The first-order chi connectivity index (χ1) is 22.5. The molecule has 1 aromatic heterocycles. The summed E-state index contributed by atoms with van der Waals surface area (Å²) in [6, 6.07) is 17.0. The van der Waals surface area contributed by atoms with E-state index < -0.39 is 63.6 Å². The summed E-state index contributed by atoms with van der Waals surface area (Å²) in [6.45, 7) is 3.81. The van der Waals surface area contributed by atoms with Crippen molar-refractivity contribution in [2.24, 2.45) is 0 Å². The molecule has 0 fully saturated rings. The molecule has 0 bridgehead atoms. The number of sulfone groups is 1. The number of rotatable bonds is 19. The van der Waals surface area contributed by atoms with Gasteiger partial charge in [0, 0.05) is 18.0 Å². The van der Waals surface area contributed by atoms with E-state index in [1.165, 1.54) is 18.5 Å². The van der Waals surface area contributed by atoms with Gasteiger partial charge in [0.15, 0.2) is 9.84 Å². The summed E-state index contributed by atoms with van der Waals surface area (Å²) in [5, 5.41) is 31.2. The van der Waals surface area contributed by atoms with Crippen molar-refractivity contribution in [3.63, 3.8) is 0 Å². The number of nitrogens with one attached hydrogen (secondary N) is 3. The molecular weight excluding hydrogens is 620 g/mol. The van der Waals surface area contributed by atoms with Gasteiger partial charge in [0.1, 0.15) is 18.2 Å². The van der Waals surface area contributed by atoms with Gasteiger partial charge in [-0.2, -0.15) is 0 Å². The van der Waals surface area contributed by atoms with E-state index in [4.69, 9.17) is 0 Å². The van der Waals surface area contributed by atoms with Crippen LogP contribution in [0.25, 0.3) is 0 Å². The van der Waals surface area contributed by atoms with Crippen LogP contribution < -0.4 is 16.0 Å². The summed E-state index contributed by atoms with van der Waals surface area (Å²) in [5.41, 5.74) is 1.26. The Morgan fingerprint density at radius 3 is 1.96 bits per heavy atom. The van der Waals surface area contributed by atoms with Gasteiger partial charge in [0.25, 0.3) is 11.8 Å². The van der Waals surface area contributed by atoms with Crippen LogP contribution in [0.1, 0.15) is 72.2 Å². The van der Waals surface area contributed by atoms with Gasteiger partial charge < -0.3 is 26.2 Å². The first kappa shape index (κ1) is 37.3. The number of aliphatic hydroxyl groups is 2. The highest BCUT2D eigenvalue weighted by atomic mass is 32.2. The molecule has 0 aliphatic carbocycles. The minimum atomic E-state index is -3.76. The summed E-state index contributed by atoms with van der Waals surface area (Å²) >= 11 is 0. The molecule has 0 unspecified atom stereocenters. The topological polar surface area (TPSA) is 175 Å². The Balaban J connectivity index is 1.90. The summed E-state index contributed by atoms with van der Waals surface area (Å²) < 4.78 is 26.0. The number of hydrogen-bond acceptors (Lipinski definition) is 8. The van der Waals surface area contributed by atoms with Crippen molar-refractivity contribution in [3.05, 3.63) is 102 Å². The van der Waals surface area contributed by atoms with E-state index in [1.54, 1.807) is 60.7 Å². The lowest BCUT2D eigenvalue weighted by Crippen LogP contribution is -2.60. The minimum Gasteiger partial charge on any atom is -0.388 e. The van der Waals surface area contributed by atoms with Gasteiger partial charge in [-0.3, -0.25) is 19.4 Å². The first-order valence-corrected chi connectivity index (χ1v) is 17.8. The number of amides is 3. The van der Waals surface area contributed by atoms with Gasteiger partial charge in [-0.1, -0.05) is 81.6 Å². The van der Waals surface area contributed by atoms with Crippen molar-refractivity contribution in [1.29, 1.82) is 0 Å². The second-order valence-electron chi connectivity index (χ2n) is 11.6. The van der Waals surface area contributed by atoms with Gasteiger partial charge >= 0.3 is 0 Å². The quantitative estimate of drug-likeness (QED) is 0.130. The standard InChI is InChI=1S/C35H46N4O7S/c1-3-5-19-28(37-33(42)26-16-11-8-12-17-26)31(40)32(41)29(22-25-14-9-7-10-15-25)38-35(44)30(24-47(45,46)21-6-4-2)39-34(43)27-18-13-20-36-23-27/h7-18,20,23,28-32,40-41H,3-6,19,21-22,24H2,1-2H3,(H,37,42)(H,38,44)(H,39,43)/t28-,29+,30-,31-,32-/m1/s1. The lowest BCUT2D eigenvalue weighted by molar-refractivity contribution is -0.125. The SMILES string of the molecule is CCCC[C@@H](NC(=O)c1ccccc1)[C@@H](O)[C@H](O)[C@H](Cc1ccccc1)NC(=O)[C@@H](CS(=O)(=O)CCCC)NC(=O)c1cccnc1. The Kier molecular flexibility index (Phi) is 15.0. The molecule has 0 spiro atoms. The molecule has 3 aromatic rings. The molecule has 0 saturated carbocycles. The second kappa shape index (κ2) is 18.9. The number of nitrogens with zero attached hydrogens (tertiary/aromatic N) is 1. The number of aliphatic hydroxyl groups excluding tert-OH is 2. The number of carbonyl (C=O) groups is 3. The Labute approximate surface area is 277 Å². The molecule has 2 aromatic carbocycles. The summed E-state index contributed by atoms with van der Waals surface area (Å²) in [4.78, 5) is 43.8. The van der Waals surface area contributed by atoms with Crippen LogP contribution in [-0.4, -0.2) is 83.2 Å². The minimum absolute atomic E-state index is 0.0732. The Morgan fingerprint density at radius 2 is 1.34 bits per heavy atom. The van der Waals surface area contributed by atoms with Crippen molar-refractivity contribution in [1.82, 2.24) is 20.9 Å². The van der Waals surface area contributed by atoms with E-state index in [9.17, 15) is 33.0 Å². The fourth-order valence-corrected chi connectivity index (χ4v) is 6.74. The molecule has 47 heavy (non-hydrogen) atoms. The lowest BCUT2D eigenvalue weighted by atomic mass is 9.91. The maximum atomic E-state index is 13.8. The predicted octanol–water partition coefficient (Wildman–Crippen LogP) is 2.83. The molecule has 0 saturated heterocycles. The van der Waals surface area contributed by atoms with E-state index in [0.717, 1.165) is 12.0 Å². The molecule has 0 radical (unpaired) electrons. The number of aromatic nitrogens is 1. The van der Waals surface area contributed by atoms with Crippen molar-refractivity contribution >= 4 is 27.6 Å². The highest BCUT2D eigenvalue weighted by molar-refractivity contribution is 7.91. The number of unbranched alkanes of at least 4 members (excludes halogenated alkanes) is 2. The van der Waals surface area contributed by atoms with E-state index >= 15 is 0 Å². The molecule has 5 N–H and O–H groups in total. The molecule has 254 valence electrons. The Hall–Kier alpha value is -4.13. The summed E-state index contributed by atoms with van der Waals surface area (Å²) in [7, 11) is -3.76. The number of carbonyl (C=O) groups excluding carboxylic acids is 3. The maximum absolute atomic E-state index is 13.8. The molecule has 0 aliphatic rings. The van der Waals surface area contributed by atoms with Crippen LogP contribution in [0.5, 0.6) is 0 Å². The summed E-state index contributed by atoms with van der Waals surface area (Å²) in [5.74, 6) is -2.77. The van der Waals surface area contributed by atoms with Crippen LogP contribution in [0, 0.1) is 0 Å². The molecular formula is C35H46N4O7S. The fraction of sp³-hybridized carbons (Fsp3) is 0.429. The van der Waals surface area contributed by atoms with E-state index in [0.29, 0.717) is 31.2 Å². The Morgan fingerprint density at radius 1 is 0.745 bits per heavy atom. The van der Waals surface area contributed by atoms with Crippen LogP contribution in [-0.2, 0) is 21.1 Å². The Bertz CT molecular complexity index is 1510. The predicted molar refractivity (Wildman–Crippen MR) is 180 cm³/mol. The number of hydrogen-bond donors (Lipinski definition) is 5. The first-order valence-electron chi connectivity index (χ1n) is 16.0. The van der Waals surface area contributed by atoms with Crippen LogP contribution >= 0.6 is 0 Å². The van der Waals surface area contributed by atoms with Gasteiger partial charge in [-0.05, 0) is 49.1 Å². The third-order valence-electron chi connectivity index (χ3n) is 7.80. The molecule has 3 rings (SSSR count). The molecule has 11 nitrogen and oxygen atoms in total. The monoisotopic (exact) mass is 666 g/mol. The second-order valence-corrected chi connectivity index (χ2v) is 13.8. The van der Waals surface area contributed by atoms with Crippen LogP contribution in [0.2, 0.25) is 0 Å². The van der Waals surface area contributed by atoms with E-state index in [-0.39, 0.29) is 17.7 Å². The highest BCUT2D eigenvalue weighted by Gasteiger charge is 2.36. The van der Waals surface area contributed by atoms with Gasteiger partial charge in [-0.25, -0.2) is 8.42 Å². The zero-order valence-corrected chi connectivity index (χ0v) is 27.7. The average molecular weight is 667 g/mol. The number of pyridine rings is 1. The number of benzene rings is 2. The largest absolute Gasteiger partial charge is 0.388 e. The molecule has 1 heterocycles. The zero-order valence-electron chi connectivity index (χ0n) is 26.9. The van der Waals surface area contributed by atoms with Crippen molar-refractivity contribution in [2.45, 2.75) is 82.7 Å². The third kappa shape index (κ3) is 12.2. The van der Waals surface area contributed by atoms with E-state index in [1.807, 2.05) is 19.9 Å². The smallest absolute Gasteiger partial charge is 0.253 e. The van der Waals surface area contributed by atoms with Gasteiger partial charge in [0.2, 0.25) is 5.91 Å². The van der Waals surface area contributed by atoms with Crippen molar-refractivity contribution in [3.8, 4) is 0 Å². The van der Waals surface area contributed by atoms with Crippen molar-refractivity contribution in [2.75, 3.05) is 11.5 Å². The van der Waals surface area contributed by atoms with Crippen molar-refractivity contribution < 1.29 is 33.0 Å². The molecule has 3 amide bonds. The third-order valence-corrected chi connectivity index (χ3v) is 9.55. The lowest BCUT2D eigenvalue weighted by Gasteiger charge is -2.34. The normalized spacial score (nSPS) is 14.6. The molecule has 5 atom stereocenters. The van der Waals surface area contributed by atoms with E-state index in [2.05, 4.69) is 20.9 Å².